The topological polar surface area (TPSA) is 3.24 Å². The van der Waals surface area contributed by atoms with Crippen LogP contribution in [0.5, 0.6) is 0 Å². The Morgan fingerprint density at radius 3 is 2.85 bits per heavy atom. The first kappa shape index (κ1) is 11.1. The maximum absolute atomic E-state index is 2.53. The van der Waals surface area contributed by atoms with Crippen LogP contribution in [0.25, 0.3) is 0 Å². The molecule has 0 aromatic carbocycles. The molecule has 1 atom stereocenters. The predicted octanol–water partition coefficient (Wildman–Crippen LogP) is 2.98. The normalized spacial score (nSPS) is 25.1. The molecule has 0 amide bonds. The fourth-order valence-electron chi connectivity index (χ4n) is 1.60. The summed E-state index contributed by atoms with van der Waals surface area (Å²) in [7, 11) is 0. The molecule has 1 heterocycles. The van der Waals surface area contributed by atoms with Gasteiger partial charge < -0.3 is 0 Å². The van der Waals surface area contributed by atoms with Crippen LogP contribution in [-0.2, 0) is 0 Å². The molecule has 1 aliphatic heterocycles. The summed E-state index contributed by atoms with van der Waals surface area (Å²) in [6.07, 6.45) is 3.67. The molecule has 0 bridgehead atoms. The first-order valence-corrected chi connectivity index (χ1v) is 6.15. The summed E-state index contributed by atoms with van der Waals surface area (Å²) in [5.41, 5.74) is 0. The number of hydrogen-bond acceptors (Lipinski definition) is 2. The van der Waals surface area contributed by atoms with Crippen molar-refractivity contribution in [3.05, 3.63) is 11.5 Å². The van der Waals surface area contributed by atoms with Gasteiger partial charge in [0.25, 0.3) is 0 Å². The van der Waals surface area contributed by atoms with E-state index in [1.165, 1.54) is 19.5 Å². The van der Waals surface area contributed by atoms with Crippen molar-refractivity contribution in [3.63, 3.8) is 0 Å². The van der Waals surface area contributed by atoms with Crippen LogP contribution in [0, 0.1) is 5.92 Å². The second-order valence-corrected chi connectivity index (χ2v) is 5.70. The summed E-state index contributed by atoms with van der Waals surface area (Å²) >= 11 is 1.91. The van der Waals surface area contributed by atoms with E-state index < -0.39 is 0 Å². The standard InChI is InChI=1S/C11H21NS/c1-10(2)13-8-4-6-12-7-5-11(3)9-12/h4,8,10-11H,5-7,9H2,1-3H3/b8-4+. The number of rotatable bonds is 4. The van der Waals surface area contributed by atoms with Gasteiger partial charge in [-0.05, 0) is 24.3 Å². The highest BCUT2D eigenvalue weighted by Crippen LogP contribution is 2.15. The lowest BCUT2D eigenvalue weighted by atomic mass is 10.2. The minimum absolute atomic E-state index is 0.716. The van der Waals surface area contributed by atoms with Crippen molar-refractivity contribution in [2.24, 2.45) is 5.92 Å². The van der Waals surface area contributed by atoms with Gasteiger partial charge in [-0.1, -0.05) is 26.8 Å². The summed E-state index contributed by atoms with van der Waals surface area (Å²) in [5.74, 6) is 0.908. The van der Waals surface area contributed by atoms with Crippen molar-refractivity contribution < 1.29 is 0 Å². The van der Waals surface area contributed by atoms with E-state index in [1.807, 2.05) is 11.8 Å². The third kappa shape index (κ3) is 4.72. The van der Waals surface area contributed by atoms with E-state index in [1.54, 1.807) is 0 Å². The van der Waals surface area contributed by atoms with Gasteiger partial charge in [-0.2, -0.15) is 0 Å². The van der Waals surface area contributed by atoms with Crippen molar-refractivity contribution in [2.45, 2.75) is 32.4 Å². The molecule has 1 unspecified atom stereocenters. The average molecular weight is 199 g/mol. The maximum Gasteiger partial charge on any atom is 0.0171 e. The smallest absolute Gasteiger partial charge is 0.0171 e. The predicted molar refractivity (Wildman–Crippen MR) is 62.1 cm³/mol. The van der Waals surface area contributed by atoms with E-state index in [9.17, 15) is 0 Å². The molecule has 2 heteroatoms. The second kappa shape index (κ2) is 5.71. The van der Waals surface area contributed by atoms with Crippen LogP contribution in [0.1, 0.15) is 27.2 Å². The summed E-state index contributed by atoms with van der Waals surface area (Å²) < 4.78 is 0. The highest BCUT2D eigenvalue weighted by atomic mass is 32.2. The van der Waals surface area contributed by atoms with Crippen molar-refractivity contribution in [1.29, 1.82) is 0 Å². The highest BCUT2D eigenvalue weighted by Gasteiger charge is 2.16. The number of thioether (sulfide) groups is 1. The molecule has 0 aliphatic carbocycles. The molecule has 13 heavy (non-hydrogen) atoms. The van der Waals surface area contributed by atoms with Gasteiger partial charge in [0, 0.05) is 18.3 Å². The van der Waals surface area contributed by atoms with Crippen LogP contribution >= 0.6 is 11.8 Å². The van der Waals surface area contributed by atoms with E-state index in [4.69, 9.17) is 0 Å². The van der Waals surface area contributed by atoms with Crippen LogP contribution in [0.2, 0.25) is 0 Å². The molecule has 1 saturated heterocycles. The van der Waals surface area contributed by atoms with Gasteiger partial charge in [-0.15, -0.1) is 11.8 Å². The van der Waals surface area contributed by atoms with E-state index >= 15 is 0 Å². The average Bonchev–Trinajstić information content (AvgIpc) is 2.45. The Morgan fingerprint density at radius 1 is 1.54 bits per heavy atom. The Kier molecular flexibility index (Phi) is 4.89. The summed E-state index contributed by atoms with van der Waals surface area (Å²) in [6.45, 7) is 10.5. The van der Waals surface area contributed by atoms with Crippen LogP contribution in [0.3, 0.4) is 0 Å². The number of hydrogen-bond donors (Lipinski definition) is 0. The molecule has 1 nitrogen and oxygen atoms in total. The molecule has 0 aromatic heterocycles. The fourth-order valence-corrected chi connectivity index (χ4v) is 2.11. The Morgan fingerprint density at radius 2 is 2.31 bits per heavy atom. The van der Waals surface area contributed by atoms with Crippen LogP contribution in [0.15, 0.2) is 11.5 Å². The monoisotopic (exact) mass is 199 g/mol. The third-order valence-corrected chi connectivity index (χ3v) is 3.21. The molecule has 0 N–H and O–H groups in total. The molecule has 1 fully saturated rings. The van der Waals surface area contributed by atoms with Crippen LogP contribution < -0.4 is 0 Å². The van der Waals surface area contributed by atoms with Crippen molar-refractivity contribution in [1.82, 2.24) is 4.90 Å². The Balaban J connectivity index is 2.08. The third-order valence-electron chi connectivity index (χ3n) is 2.32. The summed E-state index contributed by atoms with van der Waals surface area (Å²) in [4.78, 5) is 2.53. The molecular formula is C11H21NS. The molecule has 0 saturated carbocycles. The largest absolute Gasteiger partial charge is 0.299 e. The van der Waals surface area contributed by atoms with Gasteiger partial charge in [-0.3, -0.25) is 4.90 Å². The molecular weight excluding hydrogens is 178 g/mol. The zero-order valence-corrected chi connectivity index (χ0v) is 9.81. The highest BCUT2D eigenvalue weighted by molar-refractivity contribution is 8.02. The maximum atomic E-state index is 2.53. The van der Waals surface area contributed by atoms with E-state index in [0.29, 0.717) is 5.25 Å². The minimum atomic E-state index is 0.716. The second-order valence-electron chi connectivity index (χ2n) is 4.21. The summed E-state index contributed by atoms with van der Waals surface area (Å²) in [6, 6.07) is 0. The lowest BCUT2D eigenvalue weighted by molar-refractivity contribution is 0.364. The van der Waals surface area contributed by atoms with Crippen molar-refractivity contribution in [2.75, 3.05) is 19.6 Å². The quantitative estimate of drug-likeness (QED) is 0.685. The molecule has 0 radical (unpaired) electrons. The first-order valence-electron chi connectivity index (χ1n) is 5.21. The first-order chi connectivity index (χ1) is 6.18. The van der Waals surface area contributed by atoms with Gasteiger partial charge >= 0.3 is 0 Å². The zero-order valence-electron chi connectivity index (χ0n) is 8.99. The zero-order chi connectivity index (χ0) is 9.68. The van der Waals surface area contributed by atoms with E-state index in [2.05, 4.69) is 37.2 Å². The molecule has 1 aliphatic rings. The Hall–Kier alpha value is 0.0500. The van der Waals surface area contributed by atoms with Gasteiger partial charge in [0.05, 0.1) is 0 Å². The number of likely N-dealkylation sites (tertiary alicyclic amines) is 1. The molecule has 76 valence electrons. The van der Waals surface area contributed by atoms with Gasteiger partial charge in [0.2, 0.25) is 0 Å². The Bertz CT molecular complexity index is 165. The van der Waals surface area contributed by atoms with Crippen molar-refractivity contribution in [3.8, 4) is 0 Å². The van der Waals surface area contributed by atoms with Crippen LogP contribution in [-0.4, -0.2) is 29.8 Å². The number of nitrogens with zero attached hydrogens (tertiary/aromatic N) is 1. The van der Waals surface area contributed by atoms with E-state index in [0.717, 1.165) is 12.5 Å². The lowest BCUT2D eigenvalue weighted by Gasteiger charge is -2.11. The Labute approximate surface area is 86.6 Å². The fraction of sp³-hybridized carbons (Fsp3) is 0.818. The summed E-state index contributed by atoms with van der Waals surface area (Å²) in [5, 5.41) is 2.96. The van der Waals surface area contributed by atoms with Crippen LogP contribution in [0.4, 0.5) is 0 Å². The SMILES string of the molecule is CC1CCN(C/C=C/SC(C)C)C1. The van der Waals surface area contributed by atoms with Gasteiger partial charge in [0.15, 0.2) is 0 Å². The molecule has 0 spiro atoms. The van der Waals surface area contributed by atoms with E-state index in [-0.39, 0.29) is 0 Å². The van der Waals surface area contributed by atoms with Gasteiger partial charge in [-0.25, -0.2) is 0 Å². The minimum Gasteiger partial charge on any atom is -0.299 e. The molecule has 1 rings (SSSR count). The lowest BCUT2D eigenvalue weighted by Crippen LogP contribution is -2.19. The molecule has 0 aromatic rings. The van der Waals surface area contributed by atoms with Gasteiger partial charge in [0.1, 0.15) is 0 Å². The van der Waals surface area contributed by atoms with Crippen molar-refractivity contribution >= 4 is 11.8 Å².